The van der Waals surface area contributed by atoms with Crippen molar-refractivity contribution in [3.8, 4) is 0 Å². The minimum atomic E-state index is -0.0147. The first-order valence-corrected chi connectivity index (χ1v) is 7.83. The normalized spacial score (nSPS) is 11.2. The Hall–Kier alpha value is -2.04. The number of carbonyl (C=O) groups is 1. The Morgan fingerprint density at radius 1 is 1.05 bits per heavy atom. The van der Waals surface area contributed by atoms with E-state index in [1.165, 1.54) is 16.7 Å². The van der Waals surface area contributed by atoms with Crippen LogP contribution in [0.15, 0.2) is 23.2 Å². The Labute approximate surface area is 133 Å². The third-order valence-corrected chi connectivity index (χ3v) is 3.20. The number of guanidine groups is 1. The molecule has 5 nitrogen and oxygen atoms in total. The first-order valence-electron chi connectivity index (χ1n) is 7.83. The SMILES string of the molecule is CCCNC(=O)CNC(=NC)NCCc1cc(C)cc(C)c1. The van der Waals surface area contributed by atoms with Gasteiger partial charge in [-0.05, 0) is 32.3 Å². The number of aryl methyl sites for hydroxylation is 2. The van der Waals surface area contributed by atoms with E-state index in [-0.39, 0.29) is 12.5 Å². The largest absolute Gasteiger partial charge is 0.356 e. The second-order valence-corrected chi connectivity index (χ2v) is 5.45. The molecule has 22 heavy (non-hydrogen) atoms. The molecule has 0 unspecified atom stereocenters. The van der Waals surface area contributed by atoms with Gasteiger partial charge in [-0.1, -0.05) is 36.2 Å². The molecule has 0 fully saturated rings. The number of nitrogens with zero attached hydrogens (tertiary/aromatic N) is 1. The summed E-state index contributed by atoms with van der Waals surface area (Å²) in [6.45, 7) is 7.97. The zero-order chi connectivity index (χ0) is 16.4. The van der Waals surface area contributed by atoms with Gasteiger partial charge in [-0.2, -0.15) is 0 Å². The Morgan fingerprint density at radius 2 is 1.73 bits per heavy atom. The van der Waals surface area contributed by atoms with Gasteiger partial charge in [0.25, 0.3) is 0 Å². The van der Waals surface area contributed by atoms with E-state index in [0.717, 1.165) is 19.4 Å². The summed E-state index contributed by atoms with van der Waals surface area (Å²) >= 11 is 0. The minimum absolute atomic E-state index is 0.0147. The van der Waals surface area contributed by atoms with Gasteiger partial charge in [0.15, 0.2) is 5.96 Å². The van der Waals surface area contributed by atoms with E-state index in [0.29, 0.717) is 12.5 Å². The molecule has 0 aliphatic rings. The number of hydrogen-bond acceptors (Lipinski definition) is 2. The molecule has 0 aliphatic heterocycles. The lowest BCUT2D eigenvalue weighted by atomic mass is 10.1. The number of aliphatic imine (C=N–C) groups is 1. The van der Waals surface area contributed by atoms with Crippen LogP contribution in [0.2, 0.25) is 0 Å². The lowest BCUT2D eigenvalue weighted by Crippen LogP contribution is -2.43. The average Bonchev–Trinajstić information content (AvgIpc) is 2.47. The Balaban J connectivity index is 2.33. The van der Waals surface area contributed by atoms with Gasteiger partial charge < -0.3 is 16.0 Å². The van der Waals surface area contributed by atoms with Crippen molar-refractivity contribution >= 4 is 11.9 Å². The summed E-state index contributed by atoms with van der Waals surface area (Å²) in [6.07, 6.45) is 1.86. The monoisotopic (exact) mass is 304 g/mol. The van der Waals surface area contributed by atoms with Gasteiger partial charge >= 0.3 is 0 Å². The van der Waals surface area contributed by atoms with Crippen molar-refractivity contribution in [1.29, 1.82) is 0 Å². The zero-order valence-electron chi connectivity index (χ0n) is 14.1. The summed E-state index contributed by atoms with van der Waals surface area (Å²) in [7, 11) is 1.70. The molecule has 122 valence electrons. The van der Waals surface area contributed by atoms with Gasteiger partial charge in [-0.3, -0.25) is 9.79 Å². The van der Waals surface area contributed by atoms with Gasteiger partial charge in [-0.15, -0.1) is 0 Å². The topological polar surface area (TPSA) is 65.5 Å². The second kappa shape index (κ2) is 9.82. The first-order chi connectivity index (χ1) is 10.5. The van der Waals surface area contributed by atoms with Crippen LogP contribution in [0.1, 0.15) is 30.0 Å². The molecule has 0 saturated carbocycles. The minimum Gasteiger partial charge on any atom is -0.356 e. The summed E-state index contributed by atoms with van der Waals surface area (Å²) < 4.78 is 0. The molecule has 0 aliphatic carbocycles. The lowest BCUT2D eigenvalue weighted by molar-refractivity contribution is -0.120. The van der Waals surface area contributed by atoms with Crippen molar-refractivity contribution in [2.45, 2.75) is 33.6 Å². The number of rotatable bonds is 7. The molecule has 0 spiro atoms. The van der Waals surface area contributed by atoms with Crippen LogP contribution in [0.4, 0.5) is 0 Å². The van der Waals surface area contributed by atoms with Crippen molar-refractivity contribution in [3.05, 3.63) is 34.9 Å². The van der Waals surface area contributed by atoms with Crippen LogP contribution in [0.25, 0.3) is 0 Å². The smallest absolute Gasteiger partial charge is 0.239 e. The number of benzene rings is 1. The van der Waals surface area contributed by atoms with E-state index in [9.17, 15) is 4.79 Å². The molecule has 5 heteroatoms. The average molecular weight is 304 g/mol. The highest BCUT2D eigenvalue weighted by Gasteiger charge is 2.03. The number of nitrogens with one attached hydrogen (secondary N) is 3. The van der Waals surface area contributed by atoms with Crippen molar-refractivity contribution < 1.29 is 4.79 Å². The Bertz CT molecular complexity index is 491. The number of amides is 1. The molecule has 0 atom stereocenters. The van der Waals surface area contributed by atoms with Gasteiger partial charge in [-0.25, -0.2) is 0 Å². The summed E-state index contributed by atoms with van der Waals surface area (Å²) in [4.78, 5) is 15.7. The fourth-order valence-electron chi connectivity index (χ4n) is 2.25. The molecule has 1 aromatic rings. The molecule has 0 aromatic heterocycles. The fraction of sp³-hybridized carbons (Fsp3) is 0.529. The predicted molar refractivity (Wildman–Crippen MR) is 92.3 cm³/mol. The van der Waals surface area contributed by atoms with E-state index in [1.807, 2.05) is 6.92 Å². The van der Waals surface area contributed by atoms with E-state index in [1.54, 1.807) is 7.05 Å². The maximum atomic E-state index is 11.5. The van der Waals surface area contributed by atoms with Gasteiger partial charge in [0.2, 0.25) is 5.91 Å². The molecule has 1 rings (SSSR count). The van der Waals surface area contributed by atoms with E-state index in [4.69, 9.17) is 0 Å². The van der Waals surface area contributed by atoms with Crippen LogP contribution in [0, 0.1) is 13.8 Å². The van der Waals surface area contributed by atoms with Gasteiger partial charge in [0.1, 0.15) is 0 Å². The molecular formula is C17H28N4O. The first kappa shape index (κ1) is 18.0. The maximum Gasteiger partial charge on any atom is 0.239 e. The summed E-state index contributed by atoms with van der Waals surface area (Å²) in [6, 6.07) is 6.57. The third-order valence-electron chi connectivity index (χ3n) is 3.20. The molecule has 3 N–H and O–H groups in total. The van der Waals surface area contributed by atoms with Crippen LogP contribution in [-0.4, -0.2) is 38.5 Å². The van der Waals surface area contributed by atoms with Crippen molar-refractivity contribution in [3.63, 3.8) is 0 Å². The van der Waals surface area contributed by atoms with Crippen LogP contribution in [-0.2, 0) is 11.2 Å². The molecule has 0 bridgehead atoms. The van der Waals surface area contributed by atoms with E-state index >= 15 is 0 Å². The number of hydrogen-bond donors (Lipinski definition) is 3. The van der Waals surface area contributed by atoms with Crippen LogP contribution in [0.5, 0.6) is 0 Å². The standard InChI is InChI=1S/C17H28N4O/c1-5-7-19-16(22)12-21-17(18-4)20-8-6-15-10-13(2)9-14(3)11-15/h9-11H,5-8,12H2,1-4H3,(H,19,22)(H2,18,20,21). The quantitative estimate of drug-likeness (QED) is 0.529. The molecule has 0 radical (unpaired) electrons. The van der Waals surface area contributed by atoms with E-state index in [2.05, 4.69) is 53.0 Å². The fourth-order valence-corrected chi connectivity index (χ4v) is 2.25. The van der Waals surface area contributed by atoms with Crippen molar-refractivity contribution in [2.75, 3.05) is 26.7 Å². The molecule has 0 heterocycles. The molecule has 0 saturated heterocycles. The zero-order valence-corrected chi connectivity index (χ0v) is 14.1. The molecule has 1 aromatic carbocycles. The van der Waals surface area contributed by atoms with E-state index < -0.39 is 0 Å². The third kappa shape index (κ3) is 7.11. The van der Waals surface area contributed by atoms with Crippen LogP contribution in [0.3, 0.4) is 0 Å². The highest BCUT2D eigenvalue weighted by atomic mass is 16.1. The van der Waals surface area contributed by atoms with Gasteiger partial charge in [0, 0.05) is 20.1 Å². The summed E-state index contributed by atoms with van der Waals surface area (Å²) in [5.74, 6) is 0.634. The van der Waals surface area contributed by atoms with Crippen molar-refractivity contribution in [1.82, 2.24) is 16.0 Å². The summed E-state index contributed by atoms with van der Waals surface area (Å²) in [5, 5.41) is 9.06. The second-order valence-electron chi connectivity index (χ2n) is 5.45. The highest BCUT2D eigenvalue weighted by molar-refractivity contribution is 5.86. The maximum absolute atomic E-state index is 11.5. The summed E-state index contributed by atoms with van der Waals surface area (Å²) in [5.41, 5.74) is 3.87. The Kier molecular flexibility index (Phi) is 8.04. The van der Waals surface area contributed by atoms with Crippen LogP contribution >= 0.6 is 0 Å². The number of carbonyl (C=O) groups excluding carboxylic acids is 1. The van der Waals surface area contributed by atoms with Gasteiger partial charge in [0.05, 0.1) is 6.54 Å². The highest BCUT2D eigenvalue weighted by Crippen LogP contribution is 2.08. The molecule has 1 amide bonds. The lowest BCUT2D eigenvalue weighted by Gasteiger charge is -2.12. The Morgan fingerprint density at radius 3 is 2.32 bits per heavy atom. The van der Waals surface area contributed by atoms with Crippen LogP contribution < -0.4 is 16.0 Å². The molecular weight excluding hydrogens is 276 g/mol. The van der Waals surface area contributed by atoms with Crippen molar-refractivity contribution in [2.24, 2.45) is 4.99 Å². The predicted octanol–water partition coefficient (Wildman–Crippen LogP) is 1.54.